The van der Waals surface area contributed by atoms with Gasteiger partial charge in [-0.1, -0.05) is 48.0 Å². The van der Waals surface area contributed by atoms with Crippen LogP contribution in [0.3, 0.4) is 0 Å². The summed E-state index contributed by atoms with van der Waals surface area (Å²) in [5, 5.41) is 0. The molecule has 4 N–H and O–H groups in total. The summed E-state index contributed by atoms with van der Waals surface area (Å²) < 4.78 is 0.485. The Hall–Kier alpha value is -4.26. The van der Waals surface area contributed by atoms with Crippen molar-refractivity contribution in [3.8, 4) is 0 Å². The Balaban J connectivity index is 1.21. The van der Waals surface area contributed by atoms with Crippen LogP contribution >= 0.6 is 48.0 Å². The average molecular weight is 673 g/mol. The number of hydrogen-bond donors (Lipinski definition) is 4. The Bertz CT molecular complexity index is 1430. The number of hydrogen-bond acceptors (Lipinski definition) is 12. The van der Waals surface area contributed by atoms with Gasteiger partial charge in [-0.3, -0.25) is 70.2 Å². The van der Waals surface area contributed by atoms with Gasteiger partial charge in [0.15, 0.2) is 0 Å². The molecular weight excluding hydrogens is 649 g/mol. The van der Waals surface area contributed by atoms with Crippen molar-refractivity contribution in [3.63, 3.8) is 0 Å². The minimum Gasteiger partial charge on any atom is -0.293 e. The van der Waals surface area contributed by atoms with Gasteiger partial charge in [0.05, 0.1) is 9.81 Å². The summed E-state index contributed by atoms with van der Waals surface area (Å²) in [5.41, 5.74) is 9.91. The van der Waals surface area contributed by atoms with Crippen molar-refractivity contribution in [2.75, 3.05) is 13.1 Å². The Labute approximate surface area is 270 Å². The second-order valence-corrected chi connectivity index (χ2v) is 12.3. The molecule has 14 nitrogen and oxygen atoms in total. The lowest BCUT2D eigenvalue weighted by molar-refractivity contribution is -0.125. The number of thiocarbonyl (C=S) groups is 2. The zero-order valence-corrected chi connectivity index (χ0v) is 26.0. The van der Waals surface area contributed by atoms with E-state index in [0.29, 0.717) is 11.1 Å². The lowest BCUT2D eigenvalue weighted by Crippen LogP contribution is -2.42. The lowest BCUT2D eigenvalue weighted by Gasteiger charge is -2.15. The first-order valence-electron chi connectivity index (χ1n) is 13.0. The van der Waals surface area contributed by atoms with E-state index in [1.807, 2.05) is 0 Å². The predicted octanol–water partition coefficient (Wildman–Crippen LogP) is 1.19. The quantitative estimate of drug-likeness (QED) is 0.161. The maximum Gasteiger partial charge on any atom is 0.269 e. The van der Waals surface area contributed by atoms with Gasteiger partial charge in [0.1, 0.15) is 8.64 Å². The first kappa shape index (κ1) is 32.6. The third-order valence-corrected chi connectivity index (χ3v) is 9.02. The monoisotopic (exact) mass is 672 g/mol. The largest absolute Gasteiger partial charge is 0.293 e. The van der Waals surface area contributed by atoms with Gasteiger partial charge in [0.2, 0.25) is 11.8 Å². The number of pyridine rings is 2. The highest BCUT2D eigenvalue weighted by Crippen LogP contribution is 2.42. The molecule has 0 aromatic carbocycles. The first-order chi connectivity index (χ1) is 21.2. The molecule has 2 aromatic rings. The number of nitrogens with zero attached hydrogens (tertiary/aromatic N) is 4. The van der Waals surface area contributed by atoms with Crippen LogP contribution in [0.1, 0.15) is 46.4 Å². The Kier molecular flexibility index (Phi) is 11.5. The maximum atomic E-state index is 13.1. The number of nitrogens with one attached hydrogen (secondary N) is 4. The molecule has 0 radical (unpaired) electrons. The fourth-order valence-corrected chi connectivity index (χ4v) is 6.55. The maximum absolute atomic E-state index is 13.1. The normalized spacial score (nSPS) is 16.3. The van der Waals surface area contributed by atoms with Gasteiger partial charge in [-0.25, -0.2) is 0 Å². The van der Waals surface area contributed by atoms with E-state index in [2.05, 4.69) is 31.7 Å². The van der Waals surface area contributed by atoms with Gasteiger partial charge >= 0.3 is 0 Å². The van der Waals surface area contributed by atoms with E-state index in [1.165, 1.54) is 58.9 Å². The van der Waals surface area contributed by atoms with Crippen LogP contribution < -0.4 is 21.7 Å². The third kappa shape index (κ3) is 8.43. The van der Waals surface area contributed by atoms with Crippen LogP contribution in [0, 0.1) is 0 Å². The van der Waals surface area contributed by atoms with Crippen molar-refractivity contribution >= 4 is 92.0 Å². The number of carbonyl (C=O) groups excluding carboxylic acids is 6. The van der Waals surface area contributed by atoms with Crippen molar-refractivity contribution in [1.82, 2.24) is 41.5 Å². The molecular formula is C26H24N8O6S4. The molecule has 0 unspecified atom stereocenters. The molecule has 4 rings (SSSR count). The molecule has 0 spiro atoms. The molecule has 2 saturated heterocycles. The average Bonchev–Trinajstić information content (AvgIpc) is 3.47. The van der Waals surface area contributed by atoms with Crippen molar-refractivity contribution in [2.24, 2.45) is 0 Å². The Morgan fingerprint density at radius 1 is 0.636 bits per heavy atom. The summed E-state index contributed by atoms with van der Waals surface area (Å²) in [7, 11) is 0. The van der Waals surface area contributed by atoms with E-state index >= 15 is 0 Å². The smallest absolute Gasteiger partial charge is 0.269 e. The number of thioether (sulfide) groups is 2. The molecule has 0 aliphatic carbocycles. The van der Waals surface area contributed by atoms with Gasteiger partial charge in [-0.2, -0.15) is 0 Å². The second-order valence-electron chi connectivity index (χ2n) is 8.99. The van der Waals surface area contributed by atoms with E-state index in [1.54, 1.807) is 0 Å². The van der Waals surface area contributed by atoms with Crippen molar-refractivity contribution in [2.45, 2.75) is 25.7 Å². The lowest BCUT2D eigenvalue weighted by atomic mass is 10.2. The summed E-state index contributed by atoms with van der Waals surface area (Å²) in [6, 6.07) is 5.99. The van der Waals surface area contributed by atoms with Crippen molar-refractivity contribution in [1.29, 1.82) is 0 Å². The molecule has 4 heterocycles. The summed E-state index contributed by atoms with van der Waals surface area (Å²) >= 11 is 12.7. The number of rotatable bonds is 10. The van der Waals surface area contributed by atoms with Crippen LogP contribution in [0.2, 0.25) is 0 Å². The zero-order chi connectivity index (χ0) is 31.6. The molecule has 0 atom stereocenters. The van der Waals surface area contributed by atoms with Crippen LogP contribution in [-0.2, 0) is 19.2 Å². The van der Waals surface area contributed by atoms with Crippen LogP contribution in [0.15, 0.2) is 58.9 Å². The fourth-order valence-electron chi connectivity index (χ4n) is 3.78. The van der Waals surface area contributed by atoms with Crippen molar-refractivity contribution in [3.05, 3.63) is 70.0 Å². The van der Waals surface area contributed by atoms with Crippen LogP contribution in [0.5, 0.6) is 0 Å². The molecule has 0 saturated carbocycles. The van der Waals surface area contributed by atoms with Gasteiger partial charge in [-0.15, -0.1) is 0 Å². The molecule has 6 amide bonds. The molecule has 2 fully saturated rings. The third-order valence-electron chi connectivity index (χ3n) is 5.99. The van der Waals surface area contributed by atoms with Gasteiger partial charge < -0.3 is 0 Å². The van der Waals surface area contributed by atoms with E-state index in [4.69, 9.17) is 24.4 Å². The van der Waals surface area contributed by atoms with Gasteiger partial charge in [0, 0.05) is 61.8 Å². The number of carbonyl (C=O) groups is 6. The molecule has 2 aliphatic heterocycles. The molecule has 228 valence electrons. The first-order valence-corrected chi connectivity index (χ1v) is 15.4. The Morgan fingerprint density at radius 3 is 1.36 bits per heavy atom. The fraction of sp³-hybridized carbons (Fsp3) is 0.231. The van der Waals surface area contributed by atoms with Crippen LogP contribution in [-0.4, -0.2) is 76.9 Å². The topological polar surface area (TPSA) is 183 Å². The van der Waals surface area contributed by atoms with Gasteiger partial charge in [0.25, 0.3) is 23.6 Å². The highest BCUT2D eigenvalue weighted by atomic mass is 32.2. The van der Waals surface area contributed by atoms with Gasteiger partial charge in [-0.05, 0) is 37.1 Å². The summed E-state index contributed by atoms with van der Waals surface area (Å²) in [6.45, 7) is 0.264. The van der Waals surface area contributed by atoms with Crippen molar-refractivity contribution < 1.29 is 28.8 Å². The molecule has 44 heavy (non-hydrogen) atoms. The molecule has 2 aromatic heterocycles. The number of hydrazine groups is 2. The van der Waals surface area contributed by atoms with Crippen LogP contribution in [0.4, 0.5) is 0 Å². The minimum absolute atomic E-state index is 0.00608. The zero-order valence-electron chi connectivity index (χ0n) is 22.7. The molecule has 0 bridgehead atoms. The molecule has 2 aliphatic rings. The highest BCUT2D eigenvalue weighted by Gasteiger charge is 2.41. The second kappa shape index (κ2) is 15.5. The Morgan fingerprint density at radius 2 is 1.00 bits per heavy atom. The van der Waals surface area contributed by atoms with E-state index in [-0.39, 0.29) is 57.2 Å². The summed E-state index contributed by atoms with van der Waals surface area (Å²) in [6.07, 6.45) is 6.33. The van der Waals surface area contributed by atoms with Crippen LogP contribution in [0.25, 0.3) is 0 Å². The van der Waals surface area contributed by atoms with E-state index < -0.39 is 35.4 Å². The standard InChI is InChI=1S/C26H24N8O6S4/c35-17(29-31-21(37)15-5-9-27-10-6-15)3-1-13-33-23(39)19(43-25(33)41)20-24(40)34(26(42)44-20)14-2-4-18(36)30-32-22(38)16-7-11-28-12-8-16/h5-12H,1-4,13-14H2,(H,29,35)(H,30,36)(H,31,37)(H,32,38). The summed E-state index contributed by atoms with van der Waals surface area (Å²) in [5.74, 6) is -2.83. The minimum atomic E-state index is -0.497. The predicted molar refractivity (Wildman–Crippen MR) is 169 cm³/mol. The number of aromatic nitrogens is 2. The number of amides is 6. The summed E-state index contributed by atoms with van der Waals surface area (Å²) in [4.78, 5) is 85.2. The van der Waals surface area contributed by atoms with E-state index in [9.17, 15) is 28.8 Å². The van der Waals surface area contributed by atoms with E-state index in [0.717, 1.165) is 23.5 Å². The molecule has 18 heteroatoms. The highest BCUT2D eigenvalue weighted by molar-refractivity contribution is 8.29. The SMILES string of the molecule is O=C(CCCN1C(=O)C(=C2SC(=S)N(CCCC(=O)NNC(=O)c3ccncc3)C2=O)SC1=S)NNC(=O)c1ccncc1.